The van der Waals surface area contributed by atoms with Gasteiger partial charge in [-0.25, -0.2) is 0 Å². The lowest BCUT2D eigenvalue weighted by atomic mass is 10.1. The van der Waals surface area contributed by atoms with Gasteiger partial charge in [0.1, 0.15) is 5.78 Å². The first-order valence-corrected chi connectivity index (χ1v) is 3.82. The largest absolute Gasteiger partial charge is 0.300 e. The zero-order chi connectivity index (χ0) is 7.98. The average Bonchev–Trinajstić information content (AvgIpc) is 1.82. The van der Waals surface area contributed by atoms with Crippen LogP contribution in [0.5, 0.6) is 0 Å². The summed E-state index contributed by atoms with van der Waals surface area (Å²) >= 11 is 0. The van der Waals surface area contributed by atoms with Crippen LogP contribution in [0.2, 0.25) is 0 Å². The molecule has 0 rings (SSSR count). The lowest BCUT2D eigenvalue weighted by Crippen LogP contribution is -1.89. The molecule has 0 aromatic carbocycles. The van der Waals surface area contributed by atoms with Crippen LogP contribution in [-0.4, -0.2) is 5.78 Å². The predicted octanol–water partition coefficient (Wildman–Crippen LogP) is 2.71. The molecule has 0 amide bonds. The Labute approximate surface area is 63.1 Å². The number of allylic oxidation sites excluding steroid dienone is 2. The van der Waals surface area contributed by atoms with Gasteiger partial charge < -0.3 is 0 Å². The molecule has 0 N–H and O–H groups in total. The van der Waals surface area contributed by atoms with Gasteiger partial charge in [0.25, 0.3) is 0 Å². The third-order valence-corrected chi connectivity index (χ3v) is 1.31. The predicted molar refractivity (Wildman–Crippen MR) is 44.0 cm³/mol. The SMILES string of the molecule is CCC/C=C(\C)CC(C)=O. The Bertz CT molecular complexity index is 134. The topological polar surface area (TPSA) is 17.1 Å². The number of hydrogen-bond donors (Lipinski definition) is 0. The van der Waals surface area contributed by atoms with Crippen molar-refractivity contribution in [2.24, 2.45) is 0 Å². The molecule has 10 heavy (non-hydrogen) atoms. The number of Topliss-reactive ketones (excluding diaryl/α,β-unsaturated/α-hetero) is 1. The first-order valence-electron chi connectivity index (χ1n) is 3.82. The molecule has 0 heterocycles. The van der Waals surface area contributed by atoms with Gasteiger partial charge >= 0.3 is 0 Å². The maximum atomic E-state index is 10.6. The van der Waals surface area contributed by atoms with E-state index in [2.05, 4.69) is 13.0 Å². The van der Waals surface area contributed by atoms with Crippen molar-refractivity contribution >= 4 is 5.78 Å². The summed E-state index contributed by atoms with van der Waals surface area (Å²) in [4.78, 5) is 10.6. The molecule has 0 aliphatic carbocycles. The molecule has 0 fully saturated rings. The van der Waals surface area contributed by atoms with Crippen molar-refractivity contribution in [2.45, 2.75) is 40.0 Å². The number of carbonyl (C=O) groups is 1. The smallest absolute Gasteiger partial charge is 0.133 e. The second-order valence-electron chi connectivity index (χ2n) is 2.72. The fourth-order valence-corrected chi connectivity index (χ4v) is 0.856. The summed E-state index contributed by atoms with van der Waals surface area (Å²) in [5.41, 5.74) is 1.20. The van der Waals surface area contributed by atoms with Gasteiger partial charge in [-0.1, -0.05) is 25.0 Å². The van der Waals surface area contributed by atoms with Crippen molar-refractivity contribution in [3.8, 4) is 0 Å². The van der Waals surface area contributed by atoms with E-state index < -0.39 is 0 Å². The van der Waals surface area contributed by atoms with Crippen molar-refractivity contribution in [3.05, 3.63) is 11.6 Å². The fraction of sp³-hybridized carbons (Fsp3) is 0.667. The molecule has 58 valence electrons. The van der Waals surface area contributed by atoms with E-state index in [-0.39, 0.29) is 5.78 Å². The summed E-state index contributed by atoms with van der Waals surface area (Å²) in [6, 6.07) is 0. The zero-order valence-electron chi connectivity index (χ0n) is 7.11. The Morgan fingerprint density at radius 3 is 2.40 bits per heavy atom. The lowest BCUT2D eigenvalue weighted by molar-refractivity contribution is -0.116. The minimum absolute atomic E-state index is 0.254. The third kappa shape index (κ3) is 5.54. The Balaban J connectivity index is 3.59. The van der Waals surface area contributed by atoms with Crippen molar-refractivity contribution in [1.82, 2.24) is 0 Å². The number of hydrogen-bond acceptors (Lipinski definition) is 1. The summed E-state index contributed by atoms with van der Waals surface area (Å²) in [6.45, 7) is 5.78. The Morgan fingerprint density at radius 2 is 2.00 bits per heavy atom. The molecule has 0 aliphatic heterocycles. The van der Waals surface area contributed by atoms with E-state index in [9.17, 15) is 4.79 Å². The van der Waals surface area contributed by atoms with Gasteiger partial charge in [0.05, 0.1) is 0 Å². The quantitative estimate of drug-likeness (QED) is 0.549. The molecular formula is C9H16O. The zero-order valence-corrected chi connectivity index (χ0v) is 7.11. The van der Waals surface area contributed by atoms with Crippen LogP contribution in [0.15, 0.2) is 11.6 Å². The lowest BCUT2D eigenvalue weighted by Gasteiger charge is -1.94. The molecule has 0 spiro atoms. The number of carbonyl (C=O) groups excluding carboxylic acids is 1. The summed E-state index contributed by atoms with van der Waals surface area (Å²) in [5, 5.41) is 0. The van der Waals surface area contributed by atoms with Crippen molar-refractivity contribution in [3.63, 3.8) is 0 Å². The molecule has 0 unspecified atom stereocenters. The Morgan fingerprint density at radius 1 is 1.40 bits per heavy atom. The van der Waals surface area contributed by atoms with Gasteiger partial charge in [0.2, 0.25) is 0 Å². The van der Waals surface area contributed by atoms with Crippen LogP contribution >= 0.6 is 0 Å². The van der Waals surface area contributed by atoms with Crippen LogP contribution in [0.1, 0.15) is 40.0 Å². The normalized spacial score (nSPS) is 11.7. The molecule has 0 atom stereocenters. The molecule has 0 aromatic rings. The van der Waals surface area contributed by atoms with Gasteiger partial charge in [0, 0.05) is 6.42 Å². The fourth-order valence-electron chi connectivity index (χ4n) is 0.856. The second kappa shape index (κ2) is 5.21. The van der Waals surface area contributed by atoms with E-state index >= 15 is 0 Å². The van der Waals surface area contributed by atoms with Crippen molar-refractivity contribution in [2.75, 3.05) is 0 Å². The van der Waals surface area contributed by atoms with E-state index in [0.717, 1.165) is 12.8 Å². The average molecular weight is 140 g/mol. The van der Waals surface area contributed by atoms with Crippen LogP contribution in [-0.2, 0) is 4.79 Å². The molecule has 0 radical (unpaired) electrons. The monoisotopic (exact) mass is 140 g/mol. The van der Waals surface area contributed by atoms with Crippen LogP contribution in [0, 0.1) is 0 Å². The highest BCUT2D eigenvalue weighted by molar-refractivity contribution is 5.77. The van der Waals surface area contributed by atoms with Crippen molar-refractivity contribution in [1.29, 1.82) is 0 Å². The van der Waals surface area contributed by atoms with Gasteiger partial charge in [-0.2, -0.15) is 0 Å². The van der Waals surface area contributed by atoms with Gasteiger partial charge in [0.15, 0.2) is 0 Å². The standard InChI is InChI=1S/C9H16O/c1-4-5-6-8(2)7-9(3)10/h6H,4-5,7H2,1-3H3/b8-6+. The summed E-state index contributed by atoms with van der Waals surface area (Å²) in [5.74, 6) is 0.254. The summed E-state index contributed by atoms with van der Waals surface area (Å²) in [6.07, 6.45) is 5.02. The summed E-state index contributed by atoms with van der Waals surface area (Å²) < 4.78 is 0. The highest BCUT2D eigenvalue weighted by atomic mass is 16.1. The first kappa shape index (κ1) is 9.41. The molecule has 1 nitrogen and oxygen atoms in total. The maximum absolute atomic E-state index is 10.6. The minimum Gasteiger partial charge on any atom is -0.300 e. The third-order valence-electron chi connectivity index (χ3n) is 1.31. The Hall–Kier alpha value is -0.590. The van der Waals surface area contributed by atoms with Crippen LogP contribution < -0.4 is 0 Å². The minimum atomic E-state index is 0.254. The molecule has 1 heteroatoms. The van der Waals surface area contributed by atoms with E-state index in [1.165, 1.54) is 5.57 Å². The Kier molecular flexibility index (Phi) is 4.91. The number of ketones is 1. The van der Waals surface area contributed by atoms with E-state index in [1.807, 2.05) is 6.92 Å². The van der Waals surface area contributed by atoms with Gasteiger partial charge in [-0.3, -0.25) is 4.79 Å². The molecule has 0 bridgehead atoms. The van der Waals surface area contributed by atoms with Gasteiger partial charge in [-0.05, 0) is 20.3 Å². The van der Waals surface area contributed by atoms with Gasteiger partial charge in [-0.15, -0.1) is 0 Å². The molecular weight excluding hydrogens is 124 g/mol. The van der Waals surface area contributed by atoms with Crippen LogP contribution in [0.4, 0.5) is 0 Å². The molecule has 0 aromatic heterocycles. The van der Waals surface area contributed by atoms with Crippen LogP contribution in [0.25, 0.3) is 0 Å². The number of rotatable bonds is 4. The molecule has 0 aliphatic rings. The summed E-state index contributed by atoms with van der Waals surface area (Å²) in [7, 11) is 0. The highest BCUT2D eigenvalue weighted by Gasteiger charge is 1.92. The number of unbranched alkanes of at least 4 members (excludes halogenated alkanes) is 1. The molecule has 0 saturated carbocycles. The second-order valence-corrected chi connectivity index (χ2v) is 2.72. The first-order chi connectivity index (χ1) is 4.66. The van der Waals surface area contributed by atoms with E-state index in [4.69, 9.17) is 0 Å². The molecule has 0 saturated heterocycles. The maximum Gasteiger partial charge on any atom is 0.133 e. The van der Waals surface area contributed by atoms with Crippen molar-refractivity contribution < 1.29 is 4.79 Å². The van der Waals surface area contributed by atoms with E-state index in [0.29, 0.717) is 6.42 Å². The highest BCUT2D eigenvalue weighted by Crippen LogP contribution is 2.02. The van der Waals surface area contributed by atoms with Crippen LogP contribution in [0.3, 0.4) is 0 Å². The van der Waals surface area contributed by atoms with E-state index in [1.54, 1.807) is 6.92 Å².